The standard InChI is InChI=1S/C18H18Cl2FN3O2/c1-11(15-7-2-12(19)8-16(15)20)22-9-17(25)23-10-18(26)24-14-5-3-13(21)4-6-14/h2-8,11,22H,9-10H2,1H3,(H,23,25)(H,24,26)/t11-/m0/s1. The van der Waals surface area contributed by atoms with Crippen molar-refractivity contribution in [3.63, 3.8) is 0 Å². The zero-order chi connectivity index (χ0) is 19.1. The highest BCUT2D eigenvalue weighted by molar-refractivity contribution is 6.35. The van der Waals surface area contributed by atoms with E-state index in [2.05, 4.69) is 16.0 Å². The first kappa shape index (κ1) is 20.2. The Morgan fingerprint density at radius 1 is 1.04 bits per heavy atom. The van der Waals surface area contributed by atoms with Crippen LogP contribution in [0.25, 0.3) is 0 Å². The van der Waals surface area contributed by atoms with E-state index in [0.717, 1.165) is 5.56 Å². The molecule has 2 amide bonds. The van der Waals surface area contributed by atoms with Crippen LogP contribution in [-0.2, 0) is 9.59 Å². The molecule has 5 nitrogen and oxygen atoms in total. The number of hydrogen-bond donors (Lipinski definition) is 3. The topological polar surface area (TPSA) is 70.2 Å². The van der Waals surface area contributed by atoms with Gasteiger partial charge in [0.2, 0.25) is 11.8 Å². The lowest BCUT2D eigenvalue weighted by Gasteiger charge is -2.15. The second-order valence-electron chi connectivity index (χ2n) is 5.60. The number of halogens is 3. The predicted molar refractivity (Wildman–Crippen MR) is 101 cm³/mol. The molecule has 0 bridgehead atoms. The smallest absolute Gasteiger partial charge is 0.243 e. The fourth-order valence-corrected chi connectivity index (χ4v) is 2.76. The summed E-state index contributed by atoms with van der Waals surface area (Å²) < 4.78 is 12.8. The quantitative estimate of drug-likeness (QED) is 0.668. The van der Waals surface area contributed by atoms with Crippen molar-refractivity contribution in [2.45, 2.75) is 13.0 Å². The van der Waals surface area contributed by atoms with Gasteiger partial charge in [-0.2, -0.15) is 0 Å². The molecule has 0 spiro atoms. The van der Waals surface area contributed by atoms with Gasteiger partial charge < -0.3 is 16.0 Å². The average Bonchev–Trinajstić information content (AvgIpc) is 2.60. The molecule has 0 heterocycles. The maximum atomic E-state index is 12.8. The van der Waals surface area contributed by atoms with E-state index in [1.54, 1.807) is 18.2 Å². The predicted octanol–water partition coefficient (Wildman–Crippen LogP) is 3.54. The molecule has 2 aromatic rings. The van der Waals surface area contributed by atoms with Crippen LogP contribution in [0.4, 0.5) is 10.1 Å². The largest absolute Gasteiger partial charge is 0.346 e. The Kier molecular flexibility index (Phi) is 7.38. The van der Waals surface area contributed by atoms with Gasteiger partial charge in [-0.3, -0.25) is 9.59 Å². The van der Waals surface area contributed by atoms with Crippen LogP contribution < -0.4 is 16.0 Å². The number of amides is 2. The molecule has 0 aliphatic carbocycles. The van der Waals surface area contributed by atoms with Gasteiger partial charge in [-0.15, -0.1) is 0 Å². The van der Waals surface area contributed by atoms with E-state index in [4.69, 9.17) is 23.2 Å². The number of carbonyl (C=O) groups is 2. The van der Waals surface area contributed by atoms with Crippen LogP contribution in [0.1, 0.15) is 18.5 Å². The summed E-state index contributed by atoms with van der Waals surface area (Å²) in [4.78, 5) is 23.6. The highest BCUT2D eigenvalue weighted by Crippen LogP contribution is 2.25. The maximum absolute atomic E-state index is 12.8. The van der Waals surface area contributed by atoms with Gasteiger partial charge in [0.05, 0.1) is 13.1 Å². The van der Waals surface area contributed by atoms with Crippen molar-refractivity contribution < 1.29 is 14.0 Å². The van der Waals surface area contributed by atoms with Crippen molar-refractivity contribution in [2.24, 2.45) is 0 Å². The highest BCUT2D eigenvalue weighted by Gasteiger charge is 2.12. The molecule has 3 N–H and O–H groups in total. The van der Waals surface area contributed by atoms with Crippen molar-refractivity contribution in [1.82, 2.24) is 10.6 Å². The minimum atomic E-state index is -0.404. The molecule has 1 atom stereocenters. The van der Waals surface area contributed by atoms with Gasteiger partial charge in [0.1, 0.15) is 5.82 Å². The Morgan fingerprint density at radius 3 is 2.38 bits per heavy atom. The molecule has 8 heteroatoms. The third-order valence-corrected chi connectivity index (χ3v) is 4.13. The molecular weight excluding hydrogens is 380 g/mol. The van der Waals surface area contributed by atoms with Crippen LogP contribution in [0.5, 0.6) is 0 Å². The molecule has 138 valence electrons. The molecule has 2 rings (SSSR count). The maximum Gasteiger partial charge on any atom is 0.243 e. The molecule has 0 fully saturated rings. The minimum Gasteiger partial charge on any atom is -0.346 e. The zero-order valence-corrected chi connectivity index (χ0v) is 15.5. The first-order valence-electron chi connectivity index (χ1n) is 7.85. The Morgan fingerprint density at radius 2 is 1.73 bits per heavy atom. The van der Waals surface area contributed by atoms with Crippen LogP contribution in [0.2, 0.25) is 10.0 Å². The molecule has 0 unspecified atom stereocenters. The lowest BCUT2D eigenvalue weighted by molar-refractivity contribution is -0.123. The third-order valence-electron chi connectivity index (χ3n) is 3.57. The summed E-state index contributed by atoms with van der Waals surface area (Å²) >= 11 is 12.0. The first-order chi connectivity index (χ1) is 12.3. The summed E-state index contributed by atoms with van der Waals surface area (Å²) in [6, 6.07) is 10.3. The summed E-state index contributed by atoms with van der Waals surface area (Å²) in [5, 5.41) is 9.13. The number of rotatable bonds is 7. The Hall–Kier alpha value is -2.15. The summed E-state index contributed by atoms with van der Waals surface area (Å²) in [6.45, 7) is 1.70. The fourth-order valence-electron chi connectivity index (χ4n) is 2.19. The Bertz CT molecular complexity index is 785. The van der Waals surface area contributed by atoms with Crippen molar-refractivity contribution in [2.75, 3.05) is 18.4 Å². The van der Waals surface area contributed by atoms with E-state index in [1.165, 1.54) is 24.3 Å². The van der Waals surface area contributed by atoms with Crippen molar-refractivity contribution in [3.8, 4) is 0 Å². The molecule has 26 heavy (non-hydrogen) atoms. The lowest BCUT2D eigenvalue weighted by Crippen LogP contribution is -2.39. The number of benzene rings is 2. The monoisotopic (exact) mass is 397 g/mol. The normalized spacial score (nSPS) is 11.7. The summed E-state index contributed by atoms with van der Waals surface area (Å²) in [5.41, 5.74) is 1.27. The molecule has 0 aliphatic heterocycles. The van der Waals surface area contributed by atoms with Gasteiger partial charge >= 0.3 is 0 Å². The van der Waals surface area contributed by atoms with Crippen molar-refractivity contribution in [3.05, 3.63) is 63.9 Å². The third kappa shape index (κ3) is 6.29. The number of nitrogens with one attached hydrogen (secondary N) is 3. The van der Waals surface area contributed by atoms with Crippen molar-refractivity contribution >= 4 is 40.7 Å². The molecule has 2 aromatic carbocycles. The number of hydrogen-bond acceptors (Lipinski definition) is 3. The van der Waals surface area contributed by atoms with Gasteiger partial charge in [0.25, 0.3) is 0 Å². The van der Waals surface area contributed by atoms with Crippen molar-refractivity contribution in [1.29, 1.82) is 0 Å². The van der Waals surface area contributed by atoms with E-state index in [9.17, 15) is 14.0 Å². The van der Waals surface area contributed by atoms with Gasteiger partial charge in [-0.1, -0.05) is 29.3 Å². The van der Waals surface area contributed by atoms with Crippen LogP contribution in [0.3, 0.4) is 0 Å². The van der Waals surface area contributed by atoms with E-state index in [1.807, 2.05) is 6.92 Å². The Labute approximate surface area is 160 Å². The summed E-state index contributed by atoms with van der Waals surface area (Å²) in [5.74, 6) is -1.13. The SMILES string of the molecule is C[C@H](NCC(=O)NCC(=O)Nc1ccc(F)cc1)c1ccc(Cl)cc1Cl. The van der Waals surface area contributed by atoms with E-state index >= 15 is 0 Å². The van der Waals surface area contributed by atoms with Gasteiger partial charge in [-0.05, 0) is 48.9 Å². The Balaban J connectivity index is 1.74. The molecule has 0 aliphatic rings. The summed E-state index contributed by atoms with van der Waals surface area (Å²) in [6.07, 6.45) is 0. The second kappa shape index (κ2) is 9.52. The fraction of sp³-hybridized carbons (Fsp3) is 0.222. The molecule has 0 radical (unpaired) electrons. The first-order valence-corrected chi connectivity index (χ1v) is 8.61. The number of anilines is 1. The van der Waals surface area contributed by atoms with Gasteiger partial charge in [0, 0.05) is 21.8 Å². The summed E-state index contributed by atoms with van der Waals surface area (Å²) in [7, 11) is 0. The van der Waals surface area contributed by atoms with Crippen LogP contribution in [-0.4, -0.2) is 24.9 Å². The number of carbonyl (C=O) groups excluding carboxylic acids is 2. The van der Waals surface area contributed by atoms with Crippen LogP contribution in [0, 0.1) is 5.82 Å². The van der Waals surface area contributed by atoms with Crippen LogP contribution in [0.15, 0.2) is 42.5 Å². The minimum absolute atomic E-state index is 0.0178. The van der Waals surface area contributed by atoms with Crippen LogP contribution >= 0.6 is 23.2 Å². The average molecular weight is 398 g/mol. The molecular formula is C18H18Cl2FN3O2. The van der Waals surface area contributed by atoms with E-state index in [0.29, 0.717) is 15.7 Å². The molecule has 0 aromatic heterocycles. The van der Waals surface area contributed by atoms with Gasteiger partial charge in [-0.25, -0.2) is 4.39 Å². The van der Waals surface area contributed by atoms with Gasteiger partial charge in [0.15, 0.2) is 0 Å². The zero-order valence-electron chi connectivity index (χ0n) is 14.0. The molecule has 0 saturated heterocycles. The van der Waals surface area contributed by atoms with E-state index in [-0.39, 0.29) is 25.0 Å². The molecule has 0 saturated carbocycles. The van der Waals surface area contributed by atoms with E-state index < -0.39 is 11.7 Å². The lowest BCUT2D eigenvalue weighted by atomic mass is 10.1. The highest BCUT2D eigenvalue weighted by atomic mass is 35.5. The second-order valence-corrected chi connectivity index (χ2v) is 6.44.